The van der Waals surface area contributed by atoms with E-state index in [0.29, 0.717) is 18.1 Å². The predicted molar refractivity (Wildman–Crippen MR) is 84.4 cm³/mol. The SMILES string of the molecule is CCC(C)N(CC)C1Cc2ccc(OC)cc2C1NC. The third-order valence-corrected chi connectivity index (χ3v) is 4.76. The van der Waals surface area contributed by atoms with Crippen molar-refractivity contribution < 1.29 is 4.74 Å². The zero-order valence-corrected chi connectivity index (χ0v) is 13.4. The molecule has 0 aliphatic heterocycles. The van der Waals surface area contributed by atoms with Crippen molar-refractivity contribution in [3.05, 3.63) is 29.3 Å². The number of fused-ring (bicyclic) bond motifs is 1. The van der Waals surface area contributed by atoms with Crippen LogP contribution in [-0.2, 0) is 6.42 Å². The van der Waals surface area contributed by atoms with Gasteiger partial charge in [-0.2, -0.15) is 0 Å². The van der Waals surface area contributed by atoms with E-state index in [2.05, 4.69) is 56.2 Å². The molecule has 0 fully saturated rings. The van der Waals surface area contributed by atoms with Gasteiger partial charge in [-0.15, -0.1) is 0 Å². The Balaban J connectivity index is 2.30. The molecule has 3 heteroatoms. The lowest BCUT2D eigenvalue weighted by atomic mass is 10.0. The van der Waals surface area contributed by atoms with Gasteiger partial charge in [-0.05, 0) is 56.6 Å². The van der Waals surface area contributed by atoms with Crippen molar-refractivity contribution in [1.29, 1.82) is 0 Å². The van der Waals surface area contributed by atoms with Crippen LogP contribution in [0.2, 0.25) is 0 Å². The molecule has 1 aliphatic rings. The molecule has 20 heavy (non-hydrogen) atoms. The van der Waals surface area contributed by atoms with Gasteiger partial charge in [-0.3, -0.25) is 4.90 Å². The zero-order chi connectivity index (χ0) is 14.7. The molecule has 3 unspecified atom stereocenters. The van der Waals surface area contributed by atoms with E-state index in [1.807, 2.05) is 0 Å². The van der Waals surface area contributed by atoms with Gasteiger partial charge in [0.15, 0.2) is 0 Å². The van der Waals surface area contributed by atoms with Crippen LogP contribution in [0.15, 0.2) is 18.2 Å². The smallest absolute Gasteiger partial charge is 0.119 e. The number of benzene rings is 1. The number of nitrogens with zero attached hydrogens (tertiary/aromatic N) is 1. The minimum absolute atomic E-state index is 0.397. The Morgan fingerprint density at radius 2 is 2.15 bits per heavy atom. The minimum atomic E-state index is 0.397. The standard InChI is InChI=1S/C17H28N2O/c1-6-12(3)19(7-2)16-10-13-8-9-14(20-5)11-15(13)17(16)18-4/h8-9,11-12,16-18H,6-7,10H2,1-5H3. The second-order valence-electron chi connectivity index (χ2n) is 5.69. The molecule has 1 aromatic rings. The number of hydrogen-bond donors (Lipinski definition) is 1. The van der Waals surface area contributed by atoms with E-state index in [-0.39, 0.29) is 0 Å². The Morgan fingerprint density at radius 1 is 1.40 bits per heavy atom. The van der Waals surface area contributed by atoms with E-state index < -0.39 is 0 Å². The first-order valence-corrected chi connectivity index (χ1v) is 7.76. The highest BCUT2D eigenvalue weighted by Gasteiger charge is 2.36. The van der Waals surface area contributed by atoms with E-state index >= 15 is 0 Å². The largest absolute Gasteiger partial charge is 0.497 e. The number of nitrogens with one attached hydrogen (secondary N) is 1. The molecule has 0 saturated carbocycles. The summed E-state index contributed by atoms with van der Waals surface area (Å²) in [5.41, 5.74) is 2.86. The summed E-state index contributed by atoms with van der Waals surface area (Å²) in [5, 5.41) is 3.52. The Kier molecular flexibility index (Phi) is 5.06. The van der Waals surface area contributed by atoms with Gasteiger partial charge in [0, 0.05) is 18.1 Å². The Labute approximate surface area is 123 Å². The lowest BCUT2D eigenvalue weighted by Crippen LogP contribution is -2.46. The number of likely N-dealkylation sites (N-methyl/N-ethyl adjacent to an activating group) is 2. The van der Waals surface area contributed by atoms with E-state index in [0.717, 1.165) is 18.7 Å². The molecule has 0 heterocycles. The monoisotopic (exact) mass is 276 g/mol. The van der Waals surface area contributed by atoms with Crippen molar-refractivity contribution in [2.24, 2.45) is 0 Å². The van der Waals surface area contributed by atoms with Crippen LogP contribution in [0.1, 0.15) is 44.4 Å². The molecule has 3 nitrogen and oxygen atoms in total. The average molecular weight is 276 g/mol. The predicted octanol–water partition coefficient (Wildman–Crippen LogP) is 3.00. The molecule has 0 radical (unpaired) electrons. The molecule has 2 rings (SSSR count). The van der Waals surface area contributed by atoms with Crippen LogP contribution >= 0.6 is 0 Å². The van der Waals surface area contributed by atoms with Gasteiger partial charge in [0.1, 0.15) is 5.75 Å². The molecular weight excluding hydrogens is 248 g/mol. The third-order valence-electron chi connectivity index (χ3n) is 4.76. The topological polar surface area (TPSA) is 24.5 Å². The fourth-order valence-corrected chi connectivity index (χ4v) is 3.49. The number of hydrogen-bond acceptors (Lipinski definition) is 3. The molecule has 0 bridgehead atoms. The molecule has 1 aliphatic carbocycles. The summed E-state index contributed by atoms with van der Waals surface area (Å²) < 4.78 is 5.38. The molecule has 3 atom stereocenters. The molecule has 0 aromatic heterocycles. The second-order valence-corrected chi connectivity index (χ2v) is 5.69. The highest BCUT2D eigenvalue weighted by molar-refractivity contribution is 5.42. The zero-order valence-electron chi connectivity index (χ0n) is 13.4. The highest BCUT2D eigenvalue weighted by atomic mass is 16.5. The van der Waals surface area contributed by atoms with E-state index in [1.54, 1.807) is 7.11 Å². The first kappa shape index (κ1) is 15.3. The second kappa shape index (κ2) is 6.59. The van der Waals surface area contributed by atoms with Crippen molar-refractivity contribution >= 4 is 0 Å². The maximum atomic E-state index is 5.38. The summed E-state index contributed by atoms with van der Waals surface area (Å²) in [4.78, 5) is 2.63. The van der Waals surface area contributed by atoms with Crippen molar-refractivity contribution in [3.63, 3.8) is 0 Å². The highest BCUT2D eigenvalue weighted by Crippen LogP contribution is 2.37. The summed E-state index contributed by atoms with van der Waals surface area (Å²) in [7, 11) is 3.80. The molecule has 0 amide bonds. The summed E-state index contributed by atoms with van der Waals surface area (Å²) in [6.07, 6.45) is 2.32. The van der Waals surface area contributed by atoms with Crippen LogP contribution in [0.5, 0.6) is 5.75 Å². The van der Waals surface area contributed by atoms with Gasteiger partial charge in [0.25, 0.3) is 0 Å². The first-order valence-electron chi connectivity index (χ1n) is 7.76. The van der Waals surface area contributed by atoms with Crippen LogP contribution in [0.25, 0.3) is 0 Å². The Bertz CT molecular complexity index is 447. The normalized spacial score (nSPS) is 22.9. The fourth-order valence-electron chi connectivity index (χ4n) is 3.49. The Hall–Kier alpha value is -1.06. The van der Waals surface area contributed by atoms with Gasteiger partial charge >= 0.3 is 0 Å². The molecule has 1 aromatic carbocycles. The third kappa shape index (κ3) is 2.70. The lowest BCUT2D eigenvalue weighted by molar-refractivity contribution is 0.126. The summed E-state index contributed by atoms with van der Waals surface area (Å²) in [5.74, 6) is 0.955. The van der Waals surface area contributed by atoms with Gasteiger partial charge in [-0.25, -0.2) is 0 Å². The van der Waals surface area contributed by atoms with Crippen LogP contribution in [0.3, 0.4) is 0 Å². The van der Waals surface area contributed by atoms with E-state index in [9.17, 15) is 0 Å². The van der Waals surface area contributed by atoms with Crippen molar-refractivity contribution in [2.45, 2.75) is 51.7 Å². The maximum absolute atomic E-state index is 5.38. The van der Waals surface area contributed by atoms with Crippen LogP contribution in [0, 0.1) is 0 Å². The van der Waals surface area contributed by atoms with Crippen molar-refractivity contribution in [3.8, 4) is 5.75 Å². The van der Waals surface area contributed by atoms with E-state index in [4.69, 9.17) is 4.74 Å². The molecule has 0 saturated heterocycles. The van der Waals surface area contributed by atoms with Crippen molar-refractivity contribution in [1.82, 2.24) is 10.2 Å². The Morgan fingerprint density at radius 3 is 2.70 bits per heavy atom. The van der Waals surface area contributed by atoms with Gasteiger partial charge in [0.05, 0.1) is 7.11 Å². The molecule has 0 spiro atoms. The molecule has 1 N–H and O–H groups in total. The van der Waals surface area contributed by atoms with E-state index in [1.165, 1.54) is 17.5 Å². The summed E-state index contributed by atoms with van der Waals surface area (Å²) in [6, 6.07) is 8.06. The van der Waals surface area contributed by atoms with Gasteiger partial charge < -0.3 is 10.1 Å². The first-order chi connectivity index (χ1) is 9.65. The fraction of sp³-hybridized carbons (Fsp3) is 0.647. The number of methoxy groups -OCH3 is 1. The summed E-state index contributed by atoms with van der Waals surface area (Å²) >= 11 is 0. The van der Waals surface area contributed by atoms with Crippen molar-refractivity contribution in [2.75, 3.05) is 20.7 Å². The molecular formula is C17H28N2O. The number of ether oxygens (including phenoxy) is 1. The summed E-state index contributed by atoms with van der Waals surface area (Å²) in [6.45, 7) is 7.97. The van der Waals surface area contributed by atoms with Crippen LogP contribution in [-0.4, -0.2) is 37.7 Å². The average Bonchev–Trinajstić information content (AvgIpc) is 2.84. The van der Waals surface area contributed by atoms with Crippen LogP contribution in [0.4, 0.5) is 0 Å². The number of rotatable bonds is 6. The quantitative estimate of drug-likeness (QED) is 0.864. The van der Waals surface area contributed by atoms with Gasteiger partial charge in [0.2, 0.25) is 0 Å². The maximum Gasteiger partial charge on any atom is 0.119 e. The lowest BCUT2D eigenvalue weighted by Gasteiger charge is -2.36. The van der Waals surface area contributed by atoms with Gasteiger partial charge in [-0.1, -0.05) is 19.9 Å². The van der Waals surface area contributed by atoms with Crippen LogP contribution < -0.4 is 10.1 Å². The minimum Gasteiger partial charge on any atom is -0.497 e. The molecule has 112 valence electrons.